The van der Waals surface area contributed by atoms with Crippen LogP contribution in [0.1, 0.15) is 69.5 Å². The van der Waals surface area contributed by atoms with Gasteiger partial charge in [0, 0.05) is 24.3 Å². The fourth-order valence-electron chi connectivity index (χ4n) is 5.18. The van der Waals surface area contributed by atoms with Crippen LogP contribution in [-0.4, -0.2) is 51.5 Å². The van der Waals surface area contributed by atoms with Gasteiger partial charge in [0.25, 0.3) is 0 Å². The largest absolute Gasteiger partial charge is 0.444 e. The Balaban J connectivity index is 1.58. The molecule has 1 aromatic carbocycles. The van der Waals surface area contributed by atoms with E-state index in [1.807, 2.05) is 25.7 Å². The van der Waals surface area contributed by atoms with E-state index in [4.69, 9.17) is 4.74 Å². The Hall–Kier alpha value is -2.92. The van der Waals surface area contributed by atoms with Gasteiger partial charge in [-0.25, -0.2) is 9.18 Å². The number of aromatic nitrogens is 2. The third-order valence-corrected chi connectivity index (χ3v) is 6.69. The SMILES string of the molecule is CC(C)(C)N(C(=O)OC1CC(c2ccc(F)cc2)CC1n1cc(C#N)cn1)C1CCCNC1. The maximum absolute atomic E-state index is 13.5. The third-order valence-electron chi connectivity index (χ3n) is 6.69. The molecule has 176 valence electrons. The molecule has 1 saturated carbocycles. The van der Waals surface area contributed by atoms with E-state index in [-0.39, 0.29) is 35.5 Å². The van der Waals surface area contributed by atoms with E-state index < -0.39 is 6.10 Å². The third kappa shape index (κ3) is 5.19. The molecular formula is C25H32FN5O2. The van der Waals surface area contributed by atoms with E-state index in [1.54, 1.807) is 23.0 Å². The Kier molecular flexibility index (Phi) is 6.71. The van der Waals surface area contributed by atoms with Crippen LogP contribution in [0.4, 0.5) is 9.18 Å². The van der Waals surface area contributed by atoms with E-state index in [2.05, 4.69) is 16.5 Å². The molecule has 33 heavy (non-hydrogen) atoms. The summed E-state index contributed by atoms with van der Waals surface area (Å²) in [6, 6.07) is 8.50. The maximum atomic E-state index is 13.5. The summed E-state index contributed by atoms with van der Waals surface area (Å²) in [5, 5.41) is 17.0. The Bertz CT molecular complexity index is 1000. The minimum Gasteiger partial charge on any atom is -0.444 e. The van der Waals surface area contributed by atoms with Crippen LogP contribution >= 0.6 is 0 Å². The van der Waals surface area contributed by atoms with Crippen LogP contribution in [0, 0.1) is 17.1 Å². The van der Waals surface area contributed by atoms with Crippen molar-refractivity contribution in [1.82, 2.24) is 20.0 Å². The van der Waals surface area contributed by atoms with Crippen molar-refractivity contribution in [1.29, 1.82) is 5.26 Å². The van der Waals surface area contributed by atoms with Crippen molar-refractivity contribution < 1.29 is 13.9 Å². The van der Waals surface area contributed by atoms with E-state index in [9.17, 15) is 14.4 Å². The summed E-state index contributed by atoms with van der Waals surface area (Å²) in [5.41, 5.74) is 1.09. The predicted octanol–water partition coefficient (Wildman–Crippen LogP) is 4.37. The van der Waals surface area contributed by atoms with Crippen LogP contribution in [0.15, 0.2) is 36.7 Å². The molecule has 0 bridgehead atoms. The van der Waals surface area contributed by atoms with Gasteiger partial charge in [0.15, 0.2) is 0 Å². The van der Waals surface area contributed by atoms with Crippen molar-refractivity contribution in [2.24, 2.45) is 0 Å². The molecule has 4 unspecified atom stereocenters. The predicted molar refractivity (Wildman–Crippen MR) is 122 cm³/mol. The topological polar surface area (TPSA) is 83.2 Å². The summed E-state index contributed by atoms with van der Waals surface area (Å²) in [4.78, 5) is 15.4. The lowest BCUT2D eigenvalue weighted by Gasteiger charge is -2.43. The number of nitrogens with one attached hydrogen (secondary N) is 1. The smallest absolute Gasteiger partial charge is 0.410 e. The van der Waals surface area contributed by atoms with Crippen LogP contribution in [0.2, 0.25) is 0 Å². The Morgan fingerprint density at radius 2 is 2.06 bits per heavy atom. The minimum absolute atomic E-state index is 0.0777. The molecule has 2 heterocycles. The molecule has 2 aliphatic rings. The van der Waals surface area contributed by atoms with Crippen molar-refractivity contribution in [2.45, 2.75) is 76.1 Å². The van der Waals surface area contributed by atoms with Gasteiger partial charge in [0.05, 0.1) is 17.8 Å². The second-order valence-electron chi connectivity index (χ2n) is 10.1. The first-order chi connectivity index (χ1) is 15.8. The number of benzene rings is 1. The van der Waals surface area contributed by atoms with E-state index in [0.717, 1.165) is 31.5 Å². The number of carbonyl (C=O) groups excluding carboxylic acids is 1. The van der Waals surface area contributed by atoms with E-state index in [1.165, 1.54) is 18.3 Å². The normalized spacial score (nSPS) is 25.4. The monoisotopic (exact) mass is 453 g/mol. The number of rotatable bonds is 4. The van der Waals surface area contributed by atoms with Gasteiger partial charge < -0.3 is 10.1 Å². The number of nitrogens with zero attached hydrogens (tertiary/aromatic N) is 4. The van der Waals surface area contributed by atoms with Crippen molar-refractivity contribution in [3.63, 3.8) is 0 Å². The molecular weight excluding hydrogens is 421 g/mol. The molecule has 0 spiro atoms. The first-order valence-electron chi connectivity index (χ1n) is 11.7. The van der Waals surface area contributed by atoms with Crippen LogP contribution in [0.3, 0.4) is 0 Å². The van der Waals surface area contributed by atoms with Crippen molar-refractivity contribution in [2.75, 3.05) is 13.1 Å². The summed E-state index contributed by atoms with van der Waals surface area (Å²) in [7, 11) is 0. The minimum atomic E-state index is -0.402. The summed E-state index contributed by atoms with van der Waals surface area (Å²) in [6.45, 7) is 7.81. The van der Waals surface area contributed by atoms with Gasteiger partial charge >= 0.3 is 6.09 Å². The quantitative estimate of drug-likeness (QED) is 0.743. The highest BCUT2D eigenvalue weighted by Gasteiger charge is 2.42. The number of nitriles is 1. The maximum Gasteiger partial charge on any atom is 0.410 e. The number of hydrogen-bond donors (Lipinski definition) is 1. The van der Waals surface area contributed by atoms with Crippen molar-refractivity contribution >= 4 is 6.09 Å². The van der Waals surface area contributed by atoms with E-state index >= 15 is 0 Å². The lowest BCUT2D eigenvalue weighted by molar-refractivity contribution is 0.00422. The van der Waals surface area contributed by atoms with Crippen LogP contribution in [0.25, 0.3) is 0 Å². The highest BCUT2D eigenvalue weighted by molar-refractivity contribution is 5.69. The first-order valence-corrected chi connectivity index (χ1v) is 11.7. The molecule has 4 rings (SSSR count). The van der Waals surface area contributed by atoms with Gasteiger partial charge in [-0.2, -0.15) is 10.4 Å². The number of piperidine rings is 1. The zero-order valence-electron chi connectivity index (χ0n) is 19.5. The van der Waals surface area contributed by atoms with Crippen LogP contribution in [0.5, 0.6) is 0 Å². The van der Waals surface area contributed by atoms with Gasteiger partial charge in [-0.05, 0) is 76.6 Å². The first kappa shape index (κ1) is 23.2. The number of carbonyl (C=O) groups is 1. The highest BCUT2D eigenvalue weighted by atomic mass is 19.1. The molecule has 4 atom stereocenters. The van der Waals surface area contributed by atoms with Gasteiger partial charge in [0.2, 0.25) is 0 Å². The molecule has 2 fully saturated rings. The number of hydrogen-bond acceptors (Lipinski definition) is 5. The lowest BCUT2D eigenvalue weighted by atomic mass is 9.97. The van der Waals surface area contributed by atoms with Crippen LogP contribution in [-0.2, 0) is 4.74 Å². The summed E-state index contributed by atoms with van der Waals surface area (Å²) < 4.78 is 21.4. The molecule has 2 aromatic rings. The highest BCUT2D eigenvalue weighted by Crippen LogP contribution is 2.43. The Morgan fingerprint density at radius 3 is 2.67 bits per heavy atom. The zero-order valence-corrected chi connectivity index (χ0v) is 19.5. The van der Waals surface area contributed by atoms with Crippen molar-refractivity contribution in [3.8, 4) is 6.07 Å². The second-order valence-corrected chi connectivity index (χ2v) is 10.1. The second kappa shape index (κ2) is 9.52. The molecule has 1 N–H and O–H groups in total. The number of amides is 1. The Morgan fingerprint density at radius 1 is 1.30 bits per heavy atom. The Labute approximate surface area is 194 Å². The number of halogens is 1. The summed E-state index contributed by atoms with van der Waals surface area (Å²) in [5.74, 6) is -0.175. The van der Waals surface area contributed by atoms with Gasteiger partial charge in [-0.15, -0.1) is 0 Å². The number of ether oxygens (including phenoxy) is 1. The van der Waals surface area contributed by atoms with Crippen LogP contribution < -0.4 is 5.32 Å². The van der Waals surface area contributed by atoms with Crippen molar-refractivity contribution in [3.05, 3.63) is 53.6 Å². The summed E-state index contributed by atoms with van der Waals surface area (Å²) in [6.07, 6.45) is 5.77. The fraction of sp³-hybridized carbons (Fsp3) is 0.560. The fourth-order valence-corrected chi connectivity index (χ4v) is 5.18. The standard InChI is InChI=1S/C25H32FN5O2/c1-25(2,3)31(21-5-4-10-28-15-21)24(32)33-23-12-19(18-6-8-20(26)9-7-18)11-22(23)30-16-17(13-27)14-29-30/h6-9,14,16,19,21-23,28H,4-5,10-12,15H2,1-3H3. The van der Waals surface area contributed by atoms with Gasteiger partial charge in [-0.1, -0.05) is 12.1 Å². The lowest BCUT2D eigenvalue weighted by Crippen LogP contribution is -2.57. The van der Waals surface area contributed by atoms with Gasteiger partial charge in [0.1, 0.15) is 18.0 Å². The molecule has 1 aliphatic carbocycles. The molecule has 1 aromatic heterocycles. The average molecular weight is 454 g/mol. The van der Waals surface area contributed by atoms with Gasteiger partial charge in [-0.3, -0.25) is 9.58 Å². The summed E-state index contributed by atoms with van der Waals surface area (Å²) >= 11 is 0. The van der Waals surface area contributed by atoms with E-state index in [0.29, 0.717) is 18.4 Å². The molecule has 1 amide bonds. The zero-order chi connectivity index (χ0) is 23.6. The molecule has 0 radical (unpaired) electrons. The molecule has 8 heteroatoms. The molecule has 7 nitrogen and oxygen atoms in total. The molecule has 1 aliphatic heterocycles. The average Bonchev–Trinajstić information content (AvgIpc) is 3.41. The molecule has 1 saturated heterocycles.